The predicted molar refractivity (Wildman–Crippen MR) is 41.2 cm³/mol. The molecule has 6 heteroatoms. The average Bonchev–Trinajstić information content (AvgIpc) is 2.03. The fourth-order valence-electron chi connectivity index (χ4n) is 0.391. The van der Waals surface area contributed by atoms with Crippen molar-refractivity contribution < 1.29 is 23.7 Å². The summed E-state index contributed by atoms with van der Waals surface area (Å²) < 4.78 is 18.9. The molecule has 0 spiro atoms. The fraction of sp³-hybridized carbons (Fsp3) is 0.500. The highest BCUT2D eigenvalue weighted by atomic mass is 31.1. The lowest BCUT2D eigenvalue weighted by atomic mass is 10.3. The quantitative estimate of drug-likeness (QED) is 0.368. The topological polar surface area (TPSA) is 72.8 Å². The van der Waals surface area contributed by atoms with Gasteiger partial charge in [0.05, 0.1) is 25.4 Å². The van der Waals surface area contributed by atoms with E-state index >= 15 is 0 Å². The molecule has 12 heavy (non-hydrogen) atoms. The van der Waals surface area contributed by atoms with Crippen LogP contribution < -0.4 is 0 Å². The maximum Gasteiger partial charge on any atom is 0.333 e. The number of hydrogen-bond acceptors (Lipinski definition) is 4. The van der Waals surface area contributed by atoms with E-state index in [0.29, 0.717) is 0 Å². The van der Waals surface area contributed by atoms with E-state index in [4.69, 9.17) is 9.84 Å². The van der Waals surface area contributed by atoms with Crippen LogP contribution >= 0.6 is 8.69 Å². The number of rotatable bonds is 7. The Kier molecular flexibility index (Phi) is 6.47. The van der Waals surface area contributed by atoms with Gasteiger partial charge >= 0.3 is 14.7 Å². The van der Waals surface area contributed by atoms with E-state index in [1.807, 2.05) is 0 Å². The van der Waals surface area contributed by atoms with Crippen molar-refractivity contribution in [3.63, 3.8) is 0 Å². The first-order chi connectivity index (χ1) is 5.68. The molecule has 0 radical (unpaired) electrons. The Bertz CT molecular complexity index is 179. The monoisotopic (exact) mass is 192 g/mol. The lowest BCUT2D eigenvalue weighted by Gasteiger charge is -2.01. The zero-order chi connectivity index (χ0) is 9.40. The summed E-state index contributed by atoms with van der Waals surface area (Å²) in [6.45, 7) is 3.56. The molecule has 0 unspecified atom stereocenters. The minimum Gasteiger partial charge on any atom is -0.478 e. The number of aliphatic carboxylic acids is 1. The van der Waals surface area contributed by atoms with Crippen molar-refractivity contribution in [1.82, 2.24) is 0 Å². The van der Waals surface area contributed by atoms with E-state index < -0.39 is 14.7 Å². The average molecular weight is 192 g/mol. The van der Waals surface area contributed by atoms with E-state index in [-0.39, 0.29) is 25.4 Å². The maximum atomic E-state index is 10.2. The van der Waals surface area contributed by atoms with Crippen LogP contribution in [-0.4, -0.2) is 30.9 Å². The second-order valence-corrected chi connectivity index (χ2v) is 2.28. The number of ether oxygens (including phenoxy) is 1. The molecule has 0 aliphatic carbocycles. The summed E-state index contributed by atoms with van der Waals surface area (Å²) in [4.78, 5) is 10.2. The first-order valence-corrected chi connectivity index (χ1v) is 3.85. The van der Waals surface area contributed by atoms with Crippen LogP contribution in [0.25, 0.3) is 0 Å². The Balaban J connectivity index is 3.25. The fourth-order valence-corrected chi connectivity index (χ4v) is 0.540. The summed E-state index contributed by atoms with van der Waals surface area (Å²) in [6.07, 6.45) is 0. The molecule has 0 aliphatic heterocycles. The van der Waals surface area contributed by atoms with Gasteiger partial charge in [0.25, 0.3) is 0 Å². The molecule has 0 fully saturated rings. The Labute approximate surface area is 71.3 Å². The first kappa shape index (κ1) is 11.2. The van der Waals surface area contributed by atoms with Crippen LogP contribution in [0.15, 0.2) is 12.2 Å². The third-order valence-corrected chi connectivity index (χ3v) is 1.24. The van der Waals surface area contributed by atoms with Crippen molar-refractivity contribution in [2.24, 2.45) is 0 Å². The molecule has 68 valence electrons. The van der Waals surface area contributed by atoms with Gasteiger partial charge in [-0.2, -0.15) is 0 Å². The van der Waals surface area contributed by atoms with Crippen LogP contribution in [0, 0.1) is 0 Å². The van der Waals surface area contributed by atoms with E-state index in [0.717, 1.165) is 0 Å². The number of carbonyl (C=O) groups is 1. The number of hydrogen-bond donors (Lipinski definition) is 1. The zero-order valence-corrected chi connectivity index (χ0v) is 7.25. The van der Waals surface area contributed by atoms with Crippen LogP contribution in [0.3, 0.4) is 0 Å². The third-order valence-electron chi connectivity index (χ3n) is 0.950. The van der Waals surface area contributed by atoms with E-state index in [9.17, 15) is 9.36 Å². The van der Waals surface area contributed by atoms with Crippen LogP contribution in [0.1, 0.15) is 0 Å². The van der Waals surface area contributed by atoms with Gasteiger partial charge in [0.1, 0.15) is 0 Å². The Hall–Kier alpha value is -0.770. The lowest BCUT2D eigenvalue weighted by Crippen LogP contribution is -2.09. The molecule has 0 aromatic carbocycles. The van der Waals surface area contributed by atoms with Gasteiger partial charge in [-0.1, -0.05) is 6.58 Å². The summed E-state index contributed by atoms with van der Waals surface area (Å²) in [6, 6.07) is 0. The summed E-state index contributed by atoms with van der Waals surface area (Å²) in [5.41, 5.74) is -0.0188. The predicted octanol–water partition coefficient (Wildman–Crippen LogP) is 0.867. The highest BCUT2D eigenvalue weighted by Gasteiger charge is 2.02. The molecule has 0 saturated heterocycles. The molecule has 0 aromatic heterocycles. The van der Waals surface area contributed by atoms with Gasteiger partial charge in [-0.3, -0.25) is 4.52 Å². The summed E-state index contributed by atoms with van der Waals surface area (Å²) >= 11 is 0. The summed E-state index contributed by atoms with van der Waals surface area (Å²) in [5.74, 6) is -1.09. The largest absolute Gasteiger partial charge is 0.478 e. The van der Waals surface area contributed by atoms with Gasteiger partial charge in [-0.25, -0.2) is 9.36 Å². The zero-order valence-electron chi connectivity index (χ0n) is 6.36. The van der Waals surface area contributed by atoms with Gasteiger partial charge in [-0.05, 0) is 0 Å². The maximum absolute atomic E-state index is 10.2. The van der Waals surface area contributed by atoms with E-state index in [1.54, 1.807) is 0 Å². The molecule has 0 aromatic rings. The van der Waals surface area contributed by atoms with E-state index in [1.165, 1.54) is 0 Å². The minimum absolute atomic E-state index is 0.0188. The van der Waals surface area contributed by atoms with Crippen molar-refractivity contribution >= 4 is 14.7 Å². The molecule has 5 nitrogen and oxygen atoms in total. The van der Waals surface area contributed by atoms with Gasteiger partial charge in [0.2, 0.25) is 0 Å². The van der Waals surface area contributed by atoms with Crippen molar-refractivity contribution in [3.05, 3.63) is 12.2 Å². The van der Waals surface area contributed by atoms with E-state index in [2.05, 4.69) is 11.1 Å². The Morgan fingerprint density at radius 1 is 1.50 bits per heavy atom. The molecule has 0 heterocycles. The molecular weight excluding hydrogens is 183 g/mol. The Morgan fingerprint density at radius 3 is 2.67 bits per heavy atom. The third kappa shape index (κ3) is 5.97. The van der Waals surface area contributed by atoms with Crippen LogP contribution in [0.2, 0.25) is 0 Å². The molecule has 0 amide bonds. The molecule has 0 saturated carbocycles. The van der Waals surface area contributed by atoms with Gasteiger partial charge in [0.15, 0.2) is 0 Å². The van der Waals surface area contributed by atoms with Gasteiger partial charge in [-0.15, -0.1) is 0 Å². The normalized spacial score (nSPS) is 10.0. The lowest BCUT2D eigenvalue weighted by molar-refractivity contribution is -0.133. The van der Waals surface area contributed by atoms with Crippen LogP contribution in [-0.2, 0) is 18.6 Å². The minimum atomic E-state index is -1.09. The first-order valence-electron chi connectivity index (χ1n) is 3.12. The summed E-state index contributed by atoms with van der Waals surface area (Å²) in [7, 11) is -0.406. The molecule has 0 aliphatic rings. The second kappa shape index (κ2) is 6.91. The van der Waals surface area contributed by atoms with Crippen LogP contribution in [0.4, 0.5) is 0 Å². The summed E-state index contributed by atoms with van der Waals surface area (Å²) in [5, 5.41) is 8.32. The molecular formula is C6H9O5P. The molecule has 1 N–H and O–H groups in total. The van der Waals surface area contributed by atoms with Crippen molar-refractivity contribution in [1.29, 1.82) is 0 Å². The molecule has 0 bridgehead atoms. The van der Waals surface area contributed by atoms with Crippen molar-refractivity contribution in [2.45, 2.75) is 0 Å². The standard InChI is InChI=1S/C6H9O5P/c1-5(6(7)8)4-10-2-3-11-12-9/h1-4H2,(H,7,8). The molecule has 0 atom stereocenters. The smallest absolute Gasteiger partial charge is 0.333 e. The van der Waals surface area contributed by atoms with Gasteiger partial charge in [0, 0.05) is 0 Å². The highest BCUT2D eigenvalue weighted by Crippen LogP contribution is 1.95. The van der Waals surface area contributed by atoms with Crippen molar-refractivity contribution in [3.8, 4) is 0 Å². The van der Waals surface area contributed by atoms with Crippen LogP contribution in [0.5, 0.6) is 0 Å². The SMILES string of the molecule is C=C(COCCOP=O)C(=O)O. The number of carboxylic acids is 1. The highest BCUT2D eigenvalue weighted by molar-refractivity contribution is 7.17. The second-order valence-electron chi connectivity index (χ2n) is 1.87. The Morgan fingerprint density at radius 2 is 2.17 bits per heavy atom. The van der Waals surface area contributed by atoms with Gasteiger partial charge < -0.3 is 9.84 Å². The molecule has 0 rings (SSSR count). The van der Waals surface area contributed by atoms with Crippen molar-refractivity contribution in [2.75, 3.05) is 19.8 Å². The number of carboxylic acid groups (broad SMARTS) is 1.